The van der Waals surface area contributed by atoms with Crippen LogP contribution in [0.2, 0.25) is 0 Å². The van der Waals surface area contributed by atoms with Gasteiger partial charge < -0.3 is 43.7 Å². The molecule has 0 amide bonds. The number of carbonyl (C=O) groups is 2. The molecule has 7 aliphatic heterocycles. The van der Waals surface area contributed by atoms with Gasteiger partial charge in [-0.15, -0.1) is 11.8 Å². The molecule has 286 valence electrons. The second-order valence-electron chi connectivity index (χ2n) is 14.9. The van der Waals surface area contributed by atoms with Gasteiger partial charge in [-0.25, -0.2) is 4.79 Å². The van der Waals surface area contributed by atoms with Crippen LogP contribution in [0, 0.1) is 13.8 Å². The largest absolute Gasteiger partial charge is 0.504 e. The van der Waals surface area contributed by atoms with E-state index < -0.39 is 47.1 Å². The summed E-state index contributed by atoms with van der Waals surface area (Å²) in [6.07, 6.45) is -0.0282. The van der Waals surface area contributed by atoms with Crippen molar-refractivity contribution in [3.8, 4) is 40.2 Å². The van der Waals surface area contributed by atoms with Crippen molar-refractivity contribution in [3.05, 3.63) is 62.7 Å². The van der Waals surface area contributed by atoms with Gasteiger partial charge in [-0.05, 0) is 68.1 Å². The van der Waals surface area contributed by atoms with E-state index in [1.54, 1.807) is 12.1 Å². The molecule has 7 atom stereocenters. The van der Waals surface area contributed by atoms with Crippen LogP contribution in [0.5, 0.6) is 40.2 Å². The molecule has 3 aromatic rings. The fourth-order valence-electron chi connectivity index (χ4n) is 10.00. The van der Waals surface area contributed by atoms with Crippen molar-refractivity contribution in [1.29, 1.82) is 0 Å². The van der Waals surface area contributed by atoms with Gasteiger partial charge in [-0.3, -0.25) is 19.9 Å². The minimum absolute atomic E-state index is 0.0226. The van der Waals surface area contributed by atoms with Crippen LogP contribution in [0.25, 0.3) is 0 Å². The number of aliphatic hydroxyl groups excluding tert-OH is 1. The number of aromatic hydroxyl groups is 2. The molecule has 2 fully saturated rings. The normalized spacial score (nSPS) is 29.4. The molecule has 3 aromatic carbocycles. The molecule has 54 heavy (non-hydrogen) atoms. The number of fused-ring (bicyclic) bond motifs is 9. The lowest BCUT2D eigenvalue weighted by Crippen LogP contribution is -2.70. The maximum atomic E-state index is 14.7. The Kier molecular flexibility index (Phi) is 8.21. The molecule has 4 bridgehead atoms. The lowest BCUT2D eigenvalue weighted by atomic mass is 9.73. The summed E-state index contributed by atoms with van der Waals surface area (Å²) in [6.45, 7) is 5.26. The quantitative estimate of drug-likeness (QED) is 0.226. The SMILES string of the molecule is COc1cc2c(cc1O)CCN[C@]21CS[C@@H]2c3c(OC(C)=O)c(C)c4c(c3[C@@H](COC1=O)N1C2[C@H]2c3c(cc(C)c(OC)c3O)C[C@H]([C@@H]1O)N2C)OCO4. The standard InChI is InChI=1S/C39H43N3O11S/c1-16-9-20-10-22-37(46)42-23-13-50-38(47)39(21-12-25(48-5)24(44)11-19(21)7-8-40-39)14-54-36(30(42)29(41(22)4)26(20)31(45)32(16)49-6)28-27(23)35-34(51-15-52-35)17(2)33(28)53-18(3)43/h9,11-12,22-23,29-30,36-37,40,44-46H,7-8,10,13-15H2,1-6H3/t22-,23-,29-,30?,36-,37+,39-/m1/s1. The number of aryl methyl sites for hydroxylation is 1. The Morgan fingerprint density at radius 2 is 1.80 bits per heavy atom. The Hall–Kier alpha value is -4.41. The monoisotopic (exact) mass is 761 g/mol. The van der Waals surface area contributed by atoms with Crippen LogP contribution < -0.4 is 29.0 Å². The van der Waals surface area contributed by atoms with Gasteiger partial charge in [0, 0.05) is 47.5 Å². The molecule has 2 saturated heterocycles. The molecule has 0 aromatic heterocycles. The van der Waals surface area contributed by atoms with Crippen LogP contribution in [0.15, 0.2) is 18.2 Å². The van der Waals surface area contributed by atoms with Gasteiger partial charge >= 0.3 is 11.9 Å². The summed E-state index contributed by atoms with van der Waals surface area (Å²) in [6, 6.07) is 3.13. The maximum absolute atomic E-state index is 14.7. The third-order valence-corrected chi connectivity index (χ3v) is 13.7. The van der Waals surface area contributed by atoms with E-state index in [2.05, 4.69) is 10.2 Å². The zero-order valence-corrected chi connectivity index (χ0v) is 31.7. The number of aliphatic hydroxyl groups is 1. The second kappa shape index (κ2) is 12.6. The lowest BCUT2D eigenvalue weighted by Gasteiger charge is -2.62. The van der Waals surface area contributed by atoms with E-state index in [1.165, 1.54) is 32.9 Å². The first-order chi connectivity index (χ1) is 25.9. The van der Waals surface area contributed by atoms with E-state index in [1.807, 2.05) is 31.9 Å². The number of thioether (sulfide) groups is 1. The number of hydrogen-bond donors (Lipinski definition) is 4. The minimum Gasteiger partial charge on any atom is -0.504 e. The van der Waals surface area contributed by atoms with E-state index in [9.17, 15) is 24.9 Å². The van der Waals surface area contributed by atoms with Crippen LogP contribution in [0.3, 0.4) is 0 Å². The first kappa shape index (κ1) is 35.3. The predicted molar refractivity (Wildman–Crippen MR) is 195 cm³/mol. The molecular formula is C39H43N3O11S. The zero-order valence-electron chi connectivity index (χ0n) is 30.8. The van der Waals surface area contributed by atoms with Gasteiger partial charge in [0.25, 0.3) is 0 Å². The number of rotatable bonds is 3. The fraction of sp³-hybridized carbons (Fsp3) is 0.487. The summed E-state index contributed by atoms with van der Waals surface area (Å²) in [5.74, 6) is 0.949. The smallest absolute Gasteiger partial charge is 0.331 e. The lowest BCUT2D eigenvalue weighted by molar-refractivity contribution is -0.186. The van der Waals surface area contributed by atoms with E-state index in [0.717, 1.165) is 16.7 Å². The number of ether oxygens (including phenoxy) is 6. The van der Waals surface area contributed by atoms with Gasteiger partial charge in [-0.2, -0.15) is 0 Å². The van der Waals surface area contributed by atoms with Crippen molar-refractivity contribution >= 4 is 23.7 Å². The van der Waals surface area contributed by atoms with Gasteiger partial charge in [0.2, 0.25) is 6.79 Å². The molecule has 0 radical (unpaired) electrons. The molecular weight excluding hydrogens is 719 g/mol. The third kappa shape index (κ3) is 4.74. The summed E-state index contributed by atoms with van der Waals surface area (Å²) >= 11 is 1.47. The first-order valence-corrected chi connectivity index (χ1v) is 19.1. The Labute approximate surface area is 316 Å². The van der Waals surface area contributed by atoms with Crippen LogP contribution in [0.4, 0.5) is 0 Å². The molecule has 15 heteroatoms. The van der Waals surface area contributed by atoms with Crippen LogP contribution in [0.1, 0.15) is 68.8 Å². The van der Waals surface area contributed by atoms with Crippen molar-refractivity contribution in [2.75, 3.05) is 47.0 Å². The topological polar surface area (TPSA) is 169 Å². The predicted octanol–water partition coefficient (Wildman–Crippen LogP) is 3.41. The van der Waals surface area contributed by atoms with Gasteiger partial charge in [0.1, 0.15) is 18.6 Å². The number of likely N-dealkylation sites (N-methyl/N-ethyl adjacent to an activating group) is 1. The number of phenolic OH excluding ortho intramolecular Hbond substituents is 2. The molecule has 14 nitrogen and oxygen atoms in total. The highest BCUT2D eigenvalue weighted by Gasteiger charge is 2.61. The highest BCUT2D eigenvalue weighted by molar-refractivity contribution is 7.99. The molecule has 1 spiro atoms. The Morgan fingerprint density at radius 3 is 2.54 bits per heavy atom. The number of phenols is 2. The highest BCUT2D eigenvalue weighted by Crippen LogP contribution is 2.64. The van der Waals surface area contributed by atoms with Crippen molar-refractivity contribution in [2.24, 2.45) is 0 Å². The molecule has 10 rings (SSSR count). The van der Waals surface area contributed by atoms with E-state index in [4.69, 9.17) is 28.4 Å². The molecule has 7 aliphatic rings. The summed E-state index contributed by atoms with van der Waals surface area (Å²) in [5.41, 5.74) is 4.36. The van der Waals surface area contributed by atoms with Crippen LogP contribution >= 0.6 is 11.8 Å². The Bertz CT molecular complexity index is 2130. The van der Waals surface area contributed by atoms with Crippen LogP contribution in [-0.2, 0) is 32.7 Å². The Morgan fingerprint density at radius 1 is 1.02 bits per heavy atom. The van der Waals surface area contributed by atoms with Gasteiger partial charge in [0.05, 0.1) is 37.6 Å². The number of nitrogens with zero attached hydrogens (tertiary/aromatic N) is 2. The number of benzene rings is 3. The maximum Gasteiger partial charge on any atom is 0.331 e. The number of piperazine rings is 1. The first-order valence-electron chi connectivity index (χ1n) is 18.1. The minimum atomic E-state index is -1.36. The average Bonchev–Trinajstić information content (AvgIpc) is 3.63. The van der Waals surface area contributed by atoms with E-state index in [-0.39, 0.29) is 42.4 Å². The van der Waals surface area contributed by atoms with Crippen molar-refractivity contribution in [2.45, 2.75) is 74.8 Å². The fourth-order valence-corrected chi connectivity index (χ4v) is 11.7. The van der Waals surface area contributed by atoms with E-state index >= 15 is 0 Å². The number of carbonyl (C=O) groups excluding carboxylic acids is 2. The van der Waals surface area contributed by atoms with Crippen LogP contribution in [-0.4, -0.2) is 102 Å². The molecule has 7 heterocycles. The second-order valence-corrected chi connectivity index (χ2v) is 16.1. The van der Waals surface area contributed by atoms with Gasteiger partial charge in [0.15, 0.2) is 40.0 Å². The molecule has 0 saturated carbocycles. The number of esters is 2. The number of methoxy groups -OCH3 is 2. The van der Waals surface area contributed by atoms with E-state index in [0.29, 0.717) is 70.2 Å². The summed E-state index contributed by atoms with van der Waals surface area (Å²) in [5, 5.41) is 38.2. The van der Waals surface area contributed by atoms with Gasteiger partial charge in [-0.1, -0.05) is 6.07 Å². The summed E-state index contributed by atoms with van der Waals surface area (Å²) < 4.78 is 35.9. The molecule has 1 unspecified atom stereocenters. The highest BCUT2D eigenvalue weighted by atomic mass is 32.2. The number of hydrogen-bond acceptors (Lipinski definition) is 15. The summed E-state index contributed by atoms with van der Waals surface area (Å²) in [4.78, 5) is 31.7. The van der Waals surface area contributed by atoms with Crippen molar-refractivity contribution < 1.29 is 53.3 Å². The Balaban J connectivity index is 1.32. The zero-order chi connectivity index (χ0) is 38.0. The number of nitrogens with one attached hydrogen (secondary N) is 1. The molecule has 4 N–H and O–H groups in total. The average molecular weight is 762 g/mol. The third-order valence-electron chi connectivity index (χ3n) is 12.3. The van der Waals surface area contributed by atoms with Crippen molar-refractivity contribution in [3.63, 3.8) is 0 Å². The summed E-state index contributed by atoms with van der Waals surface area (Å²) in [7, 11) is 4.96. The van der Waals surface area contributed by atoms with Crippen molar-refractivity contribution in [1.82, 2.24) is 15.1 Å². The molecule has 0 aliphatic carbocycles.